The smallest absolute Gasteiger partial charge is 0.121 e. The monoisotopic (exact) mass is 160 g/mol. The topological polar surface area (TPSA) is 17.1 Å². The third-order valence-corrected chi connectivity index (χ3v) is 2.67. The molecule has 0 aliphatic rings. The molecule has 0 amide bonds. The minimum Gasteiger partial charge on any atom is -0.303 e. The Labute approximate surface area is 67.6 Å². The van der Waals surface area contributed by atoms with Crippen LogP contribution >= 0.6 is 11.8 Å². The normalized spacial score (nSPS) is 13.0. The lowest BCUT2D eigenvalue weighted by Crippen LogP contribution is -2.01. The van der Waals surface area contributed by atoms with Gasteiger partial charge in [0, 0.05) is 11.7 Å². The van der Waals surface area contributed by atoms with Crippen LogP contribution in [0.2, 0.25) is 0 Å². The lowest BCUT2D eigenvalue weighted by Gasteiger charge is -2.08. The van der Waals surface area contributed by atoms with Crippen molar-refractivity contribution in [3.8, 4) is 0 Å². The average molecular weight is 160 g/mol. The van der Waals surface area contributed by atoms with Crippen molar-refractivity contribution in [1.29, 1.82) is 0 Å². The average Bonchev–Trinajstić information content (AvgIpc) is 1.98. The second kappa shape index (κ2) is 7.13. The number of thioether (sulfide) groups is 1. The molecule has 1 nitrogen and oxygen atoms in total. The zero-order valence-corrected chi connectivity index (χ0v) is 7.62. The van der Waals surface area contributed by atoms with Crippen LogP contribution in [0.25, 0.3) is 0 Å². The number of unbranched alkanes of at least 4 members (excludes halogenated alkanes) is 1. The Bertz CT molecular complexity index is 83.3. The van der Waals surface area contributed by atoms with Gasteiger partial charge in [-0.25, -0.2) is 0 Å². The first-order valence-electron chi connectivity index (χ1n) is 3.81. The van der Waals surface area contributed by atoms with Gasteiger partial charge >= 0.3 is 0 Å². The number of carbonyl (C=O) groups is 1. The van der Waals surface area contributed by atoms with Gasteiger partial charge in [-0.15, -0.1) is 0 Å². The summed E-state index contributed by atoms with van der Waals surface area (Å²) in [6, 6.07) is 0. The summed E-state index contributed by atoms with van der Waals surface area (Å²) in [6.07, 6.45) is 7.49. The van der Waals surface area contributed by atoms with Crippen molar-refractivity contribution >= 4 is 18.0 Å². The molecular weight excluding hydrogens is 144 g/mol. The predicted molar refractivity (Wildman–Crippen MR) is 47.5 cm³/mol. The van der Waals surface area contributed by atoms with E-state index in [0.717, 1.165) is 12.7 Å². The molecule has 0 radical (unpaired) electrons. The summed E-state index contributed by atoms with van der Waals surface area (Å²) in [5.41, 5.74) is 0. The van der Waals surface area contributed by atoms with Crippen LogP contribution in [0.15, 0.2) is 0 Å². The highest BCUT2D eigenvalue weighted by atomic mass is 32.2. The minimum absolute atomic E-state index is 0.567. The van der Waals surface area contributed by atoms with Crippen LogP contribution in [-0.2, 0) is 4.79 Å². The largest absolute Gasteiger partial charge is 0.303 e. The molecule has 0 saturated heterocycles. The molecule has 0 aromatic rings. The van der Waals surface area contributed by atoms with Gasteiger partial charge < -0.3 is 4.79 Å². The molecule has 10 heavy (non-hydrogen) atoms. The van der Waals surface area contributed by atoms with E-state index in [2.05, 4.69) is 13.2 Å². The van der Waals surface area contributed by atoms with E-state index < -0.39 is 0 Å². The second-order valence-corrected chi connectivity index (χ2v) is 3.54. The second-order valence-electron chi connectivity index (χ2n) is 2.40. The van der Waals surface area contributed by atoms with E-state index >= 15 is 0 Å². The zero-order chi connectivity index (χ0) is 7.82. The Balaban J connectivity index is 3.29. The molecule has 1 atom stereocenters. The fourth-order valence-corrected chi connectivity index (χ4v) is 1.54. The number of hydrogen-bond donors (Lipinski definition) is 0. The molecule has 0 spiro atoms. The summed E-state index contributed by atoms with van der Waals surface area (Å²) in [4.78, 5) is 10.1. The summed E-state index contributed by atoms with van der Waals surface area (Å²) >= 11 is 1.80. The maximum atomic E-state index is 10.1. The van der Waals surface area contributed by atoms with Gasteiger partial charge in [0.1, 0.15) is 6.29 Å². The predicted octanol–water partition coefficient (Wildman–Crippen LogP) is 2.50. The fourth-order valence-electron chi connectivity index (χ4n) is 0.871. The van der Waals surface area contributed by atoms with Crippen LogP contribution in [0.4, 0.5) is 0 Å². The van der Waals surface area contributed by atoms with Crippen LogP contribution in [0, 0.1) is 0 Å². The molecule has 0 aromatic carbocycles. The molecule has 0 aliphatic carbocycles. The van der Waals surface area contributed by atoms with Gasteiger partial charge in [-0.05, 0) is 12.7 Å². The standard InChI is InChI=1S/C8H16OS/c1-3-4-5-8(10-2)6-7-9/h7-8H,3-6H2,1-2H3. The third-order valence-electron chi connectivity index (χ3n) is 1.57. The van der Waals surface area contributed by atoms with Gasteiger partial charge in [-0.3, -0.25) is 0 Å². The van der Waals surface area contributed by atoms with Gasteiger partial charge in [0.2, 0.25) is 0 Å². The van der Waals surface area contributed by atoms with E-state index in [1.54, 1.807) is 11.8 Å². The quantitative estimate of drug-likeness (QED) is 0.555. The van der Waals surface area contributed by atoms with Crippen molar-refractivity contribution in [3.63, 3.8) is 0 Å². The molecule has 0 aliphatic heterocycles. The lowest BCUT2D eigenvalue weighted by atomic mass is 10.2. The van der Waals surface area contributed by atoms with Crippen LogP contribution in [-0.4, -0.2) is 17.8 Å². The molecule has 60 valence electrons. The third kappa shape index (κ3) is 4.86. The van der Waals surface area contributed by atoms with Gasteiger partial charge in [0.25, 0.3) is 0 Å². The first-order chi connectivity index (χ1) is 4.85. The number of rotatable bonds is 6. The molecule has 2 heteroatoms. The summed E-state index contributed by atoms with van der Waals surface area (Å²) in [6.45, 7) is 2.18. The zero-order valence-electron chi connectivity index (χ0n) is 6.80. The van der Waals surface area contributed by atoms with Crippen LogP contribution < -0.4 is 0 Å². The van der Waals surface area contributed by atoms with Crippen molar-refractivity contribution in [3.05, 3.63) is 0 Å². The summed E-state index contributed by atoms with van der Waals surface area (Å²) in [7, 11) is 0. The van der Waals surface area contributed by atoms with Gasteiger partial charge in [0.05, 0.1) is 0 Å². The molecular formula is C8H16OS. The molecule has 0 bridgehead atoms. The van der Waals surface area contributed by atoms with E-state index in [1.165, 1.54) is 19.3 Å². The van der Waals surface area contributed by atoms with E-state index in [9.17, 15) is 4.79 Å². The van der Waals surface area contributed by atoms with Crippen molar-refractivity contribution in [2.75, 3.05) is 6.26 Å². The first kappa shape index (κ1) is 10.0. The van der Waals surface area contributed by atoms with Gasteiger partial charge in [0.15, 0.2) is 0 Å². The SMILES string of the molecule is CCCCC(CC=O)SC. The van der Waals surface area contributed by atoms with Crippen LogP contribution in [0.3, 0.4) is 0 Å². The van der Waals surface area contributed by atoms with E-state index in [1.807, 2.05) is 0 Å². The highest BCUT2D eigenvalue weighted by Crippen LogP contribution is 2.16. The van der Waals surface area contributed by atoms with E-state index in [0.29, 0.717) is 5.25 Å². The van der Waals surface area contributed by atoms with Crippen LogP contribution in [0.5, 0.6) is 0 Å². The molecule has 0 aromatic heterocycles. The van der Waals surface area contributed by atoms with E-state index in [4.69, 9.17) is 0 Å². The Morgan fingerprint density at radius 1 is 1.60 bits per heavy atom. The molecule has 0 saturated carbocycles. The number of carbonyl (C=O) groups excluding carboxylic acids is 1. The summed E-state index contributed by atoms with van der Waals surface area (Å²) in [5.74, 6) is 0. The lowest BCUT2D eigenvalue weighted by molar-refractivity contribution is -0.107. The Kier molecular flexibility index (Phi) is 7.15. The Morgan fingerprint density at radius 3 is 2.70 bits per heavy atom. The number of hydrogen-bond acceptors (Lipinski definition) is 2. The van der Waals surface area contributed by atoms with E-state index in [-0.39, 0.29) is 0 Å². The highest BCUT2D eigenvalue weighted by molar-refractivity contribution is 7.99. The first-order valence-corrected chi connectivity index (χ1v) is 5.10. The van der Waals surface area contributed by atoms with Crippen LogP contribution in [0.1, 0.15) is 32.6 Å². The Hall–Kier alpha value is 0.0200. The van der Waals surface area contributed by atoms with Gasteiger partial charge in [-0.1, -0.05) is 19.8 Å². The van der Waals surface area contributed by atoms with Crippen molar-refractivity contribution < 1.29 is 4.79 Å². The highest BCUT2D eigenvalue weighted by Gasteiger charge is 2.03. The summed E-state index contributed by atoms with van der Waals surface area (Å²) < 4.78 is 0. The Morgan fingerprint density at radius 2 is 2.30 bits per heavy atom. The minimum atomic E-state index is 0.567. The maximum Gasteiger partial charge on any atom is 0.121 e. The summed E-state index contributed by atoms with van der Waals surface area (Å²) in [5, 5.41) is 0.567. The number of aldehydes is 1. The van der Waals surface area contributed by atoms with Crippen molar-refractivity contribution in [1.82, 2.24) is 0 Å². The molecule has 0 N–H and O–H groups in total. The molecule has 0 rings (SSSR count). The van der Waals surface area contributed by atoms with Gasteiger partial charge in [-0.2, -0.15) is 11.8 Å². The molecule has 0 fully saturated rings. The fraction of sp³-hybridized carbons (Fsp3) is 0.875. The molecule has 1 unspecified atom stereocenters. The maximum absolute atomic E-state index is 10.1. The molecule has 0 heterocycles. The van der Waals surface area contributed by atoms with Crippen molar-refractivity contribution in [2.45, 2.75) is 37.9 Å². The van der Waals surface area contributed by atoms with Crippen molar-refractivity contribution in [2.24, 2.45) is 0 Å².